The van der Waals surface area contributed by atoms with Gasteiger partial charge < -0.3 is 20.9 Å². The van der Waals surface area contributed by atoms with E-state index in [0.717, 1.165) is 53.4 Å². The van der Waals surface area contributed by atoms with Gasteiger partial charge in [-0.05, 0) is 54.3 Å². The number of carbonyl (C=O) groups is 1. The Balaban J connectivity index is 1.47. The summed E-state index contributed by atoms with van der Waals surface area (Å²) in [5, 5.41) is 11.2. The highest BCUT2D eigenvalue weighted by Gasteiger charge is 2.06. The fourth-order valence-electron chi connectivity index (χ4n) is 3.23. The number of H-pyrrole nitrogens is 1. The monoisotopic (exact) mass is 411 g/mol. The molecule has 0 atom stereocenters. The summed E-state index contributed by atoms with van der Waals surface area (Å²) in [6.07, 6.45) is 3.68. The number of halogens is 1. The van der Waals surface area contributed by atoms with Gasteiger partial charge in [0.25, 0.3) is 5.91 Å². The SMILES string of the molecule is CN=C(NCCc1cccc(C(=O)NC)c1)NCCc1c[nH]c2ccc(Cl)cc12. The number of aromatic amines is 1. The van der Waals surface area contributed by atoms with E-state index in [4.69, 9.17) is 11.6 Å². The number of fused-ring (bicyclic) bond motifs is 1. The third-order valence-electron chi connectivity index (χ3n) is 4.76. The van der Waals surface area contributed by atoms with Gasteiger partial charge in [0.2, 0.25) is 0 Å². The number of nitrogens with one attached hydrogen (secondary N) is 4. The highest BCUT2D eigenvalue weighted by molar-refractivity contribution is 6.31. The molecule has 0 radical (unpaired) electrons. The lowest BCUT2D eigenvalue weighted by molar-refractivity contribution is 0.0963. The van der Waals surface area contributed by atoms with Crippen molar-refractivity contribution in [3.8, 4) is 0 Å². The number of benzene rings is 2. The zero-order valence-electron chi connectivity index (χ0n) is 16.7. The second-order valence-electron chi connectivity index (χ2n) is 6.71. The number of hydrogen-bond donors (Lipinski definition) is 4. The summed E-state index contributed by atoms with van der Waals surface area (Å²) in [6, 6.07) is 13.5. The number of nitrogens with zero attached hydrogens (tertiary/aromatic N) is 1. The topological polar surface area (TPSA) is 81.3 Å². The molecule has 3 rings (SSSR count). The number of aromatic nitrogens is 1. The van der Waals surface area contributed by atoms with Gasteiger partial charge in [-0.2, -0.15) is 0 Å². The molecule has 3 aromatic rings. The molecule has 29 heavy (non-hydrogen) atoms. The van der Waals surface area contributed by atoms with Crippen molar-refractivity contribution in [3.05, 3.63) is 70.4 Å². The second kappa shape index (κ2) is 9.98. The van der Waals surface area contributed by atoms with Crippen molar-refractivity contribution in [3.63, 3.8) is 0 Å². The van der Waals surface area contributed by atoms with E-state index in [1.165, 1.54) is 5.56 Å². The molecule has 0 aliphatic carbocycles. The summed E-state index contributed by atoms with van der Waals surface area (Å²) < 4.78 is 0. The predicted molar refractivity (Wildman–Crippen MR) is 120 cm³/mol. The molecule has 7 heteroatoms. The van der Waals surface area contributed by atoms with Crippen LogP contribution < -0.4 is 16.0 Å². The average Bonchev–Trinajstić information content (AvgIpc) is 3.14. The minimum absolute atomic E-state index is 0.0733. The van der Waals surface area contributed by atoms with Crippen molar-refractivity contribution in [2.24, 2.45) is 4.99 Å². The molecule has 2 aromatic carbocycles. The fourth-order valence-corrected chi connectivity index (χ4v) is 3.40. The third kappa shape index (κ3) is 5.51. The van der Waals surface area contributed by atoms with Crippen LogP contribution in [0, 0.1) is 0 Å². The Labute approximate surface area is 175 Å². The molecular formula is C22H26ClN5O. The van der Waals surface area contributed by atoms with Gasteiger partial charge in [0.05, 0.1) is 0 Å². The standard InChI is InChI=1S/C22H26ClN5O/c1-24-21(29)16-5-3-4-15(12-16)8-10-26-22(25-2)27-11-9-17-14-28-20-7-6-18(23)13-19(17)20/h3-7,12-14,28H,8-11H2,1-2H3,(H,24,29)(H2,25,26,27). The van der Waals surface area contributed by atoms with Gasteiger partial charge in [0.15, 0.2) is 5.96 Å². The first kappa shape index (κ1) is 20.7. The zero-order valence-corrected chi connectivity index (χ0v) is 17.4. The molecule has 1 aromatic heterocycles. The van der Waals surface area contributed by atoms with Gasteiger partial charge in [-0.15, -0.1) is 0 Å². The van der Waals surface area contributed by atoms with E-state index in [0.29, 0.717) is 5.56 Å². The van der Waals surface area contributed by atoms with E-state index in [1.807, 2.05) is 48.7 Å². The number of rotatable bonds is 7. The minimum atomic E-state index is -0.0733. The molecule has 0 spiro atoms. The van der Waals surface area contributed by atoms with E-state index in [2.05, 4.69) is 25.9 Å². The highest BCUT2D eigenvalue weighted by Crippen LogP contribution is 2.22. The lowest BCUT2D eigenvalue weighted by Gasteiger charge is -2.12. The fraction of sp³-hybridized carbons (Fsp3) is 0.273. The van der Waals surface area contributed by atoms with Crippen LogP contribution in [-0.4, -0.2) is 44.0 Å². The number of hydrogen-bond acceptors (Lipinski definition) is 2. The molecule has 0 saturated carbocycles. The normalized spacial score (nSPS) is 11.5. The van der Waals surface area contributed by atoms with Gasteiger partial charge in [-0.25, -0.2) is 0 Å². The van der Waals surface area contributed by atoms with Crippen LogP contribution >= 0.6 is 11.6 Å². The average molecular weight is 412 g/mol. The third-order valence-corrected chi connectivity index (χ3v) is 5.00. The van der Waals surface area contributed by atoms with E-state index in [-0.39, 0.29) is 5.91 Å². The maximum absolute atomic E-state index is 11.7. The highest BCUT2D eigenvalue weighted by atomic mass is 35.5. The van der Waals surface area contributed by atoms with E-state index >= 15 is 0 Å². The van der Waals surface area contributed by atoms with Gasteiger partial charge in [-0.1, -0.05) is 23.7 Å². The summed E-state index contributed by atoms with van der Waals surface area (Å²) in [7, 11) is 3.39. The predicted octanol–water partition coefficient (Wildman–Crippen LogP) is 3.13. The van der Waals surface area contributed by atoms with Crippen LogP contribution in [0.2, 0.25) is 5.02 Å². The molecule has 0 fully saturated rings. The van der Waals surface area contributed by atoms with Crippen LogP contribution in [-0.2, 0) is 12.8 Å². The number of amides is 1. The molecule has 1 amide bonds. The van der Waals surface area contributed by atoms with E-state index in [9.17, 15) is 4.79 Å². The van der Waals surface area contributed by atoms with E-state index in [1.54, 1.807) is 14.1 Å². The van der Waals surface area contributed by atoms with Gasteiger partial charge in [0.1, 0.15) is 0 Å². The summed E-state index contributed by atoms with van der Waals surface area (Å²) >= 11 is 6.12. The Morgan fingerprint density at radius 3 is 2.66 bits per heavy atom. The van der Waals surface area contributed by atoms with Crippen molar-refractivity contribution in [1.29, 1.82) is 0 Å². The molecule has 0 bridgehead atoms. The second-order valence-corrected chi connectivity index (χ2v) is 7.15. The Kier molecular flexibility index (Phi) is 7.14. The van der Waals surface area contributed by atoms with Crippen molar-refractivity contribution >= 4 is 34.4 Å². The Morgan fingerprint density at radius 1 is 1.10 bits per heavy atom. The lowest BCUT2D eigenvalue weighted by Crippen LogP contribution is -2.39. The first-order valence-corrected chi connectivity index (χ1v) is 9.99. The van der Waals surface area contributed by atoms with Gasteiger partial charge in [-0.3, -0.25) is 9.79 Å². The summed E-state index contributed by atoms with van der Waals surface area (Å²) in [5.41, 5.74) is 4.08. The number of carbonyl (C=O) groups excluding carboxylic acids is 1. The molecular weight excluding hydrogens is 386 g/mol. The molecule has 0 unspecified atom stereocenters. The number of guanidine groups is 1. The maximum Gasteiger partial charge on any atom is 0.251 e. The summed E-state index contributed by atoms with van der Waals surface area (Å²) in [6.45, 7) is 1.48. The van der Waals surface area contributed by atoms with Crippen LogP contribution in [0.25, 0.3) is 10.9 Å². The van der Waals surface area contributed by atoms with Crippen LogP contribution in [0.4, 0.5) is 0 Å². The molecule has 0 saturated heterocycles. The Hall–Kier alpha value is -2.99. The van der Waals surface area contributed by atoms with Crippen LogP contribution in [0.15, 0.2) is 53.7 Å². The van der Waals surface area contributed by atoms with Crippen LogP contribution in [0.3, 0.4) is 0 Å². The largest absolute Gasteiger partial charge is 0.361 e. The number of aliphatic imine (C=N–C) groups is 1. The minimum Gasteiger partial charge on any atom is -0.361 e. The van der Waals surface area contributed by atoms with E-state index < -0.39 is 0 Å². The quantitative estimate of drug-likeness (QED) is 0.356. The van der Waals surface area contributed by atoms with Crippen LogP contribution in [0.1, 0.15) is 21.5 Å². The molecule has 152 valence electrons. The van der Waals surface area contributed by atoms with Gasteiger partial charge in [0, 0.05) is 54.9 Å². The first-order chi connectivity index (χ1) is 14.1. The van der Waals surface area contributed by atoms with Crippen LogP contribution in [0.5, 0.6) is 0 Å². The van der Waals surface area contributed by atoms with Crippen molar-refractivity contribution in [2.75, 3.05) is 27.2 Å². The van der Waals surface area contributed by atoms with Crippen molar-refractivity contribution < 1.29 is 4.79 Å². The van der Waals surface area contributed by atoms with Crippen molar-refractivity contribution in [2.45, 2.75) is 12.8 Å². The summed E-state index contributed by atoms with van der Waals surface area (Å²) in [5.74, 6) is 0.682. The Bertz CT molecular complexity index is 1010. The molecule has 0 aliphatic heterocycles. The first-order valence-electron chi connectivity index (χ1n) is 9.61. The van der Waals surface area contributed by atoms with Gasteiger partial charge >= 0.3 is 0 Å². The summed E-state index contributed by atoms with van der Waals surface area (Å²) in [4.78, 5) is 19.3. The zero-order chi connectivity index (χ0) is 20.6. The van der Waals surface area contributed by atoms with Crippen molar-refractivity contribution in [1.82, 2.24) is 20.9 Å². The molecule has 0 aliphatic rings. The molecule has 4 N–H and O–H groups in total. The molecule has 6 nitrogen and oxygen atoms in total. The lowest BCUT2D eigenvalue weighted by atomic mass is 10.1. The Morgan fingerprint density at radius 2 is 1.90 bits per heavy atom. The molecule has 1 heterocycles. The maximum atomic E-state index is 11.7. The smallest absolute Gasteiger partial charge is 0.251 e.